The minimum Gasteiger partial charge on any atom is -0.329 e. The Bertz CT molecular complexity index is 305. The van der Waals surface area contributed by atoms with E-state index >= 15 is 0 Å². The molecule has 1 fully saturated rings. The molecule has 0 amide bonds. The number of likely N-dealkylation sites (N-methyl/N-ethyl adjacent to an activating group) is 1. The van der Waals surface area contributed by atoms with Crippen LogP contribution >= 0.6 is 0 Å². The second kappa shape index (κ2) is 4.39. The van der Waals surface area contributed by atoms with Crippen molar-refractivity contribution in [1.82, 2.24) is 4.31 Å². The van der Waals surface area contributed by atoms with E-state index in [2.05, 4.69) is 0 Å². The Morgan fingerprint density at radius 2 is 1.80 bits per heavy atom. The number of hydrogen-bond acceptors (Lipinski definition) is 3. The van der Waals surface area contributed by atoms with Crippen molar-refractivity contribution in [2.75, 3.05) is 13.6 Å². The average molecular weight is 234 g/mol. The van der Waals surface area contributed by atoms with Crippen LogP contribution in [-0.2, 0) is 10.0 Å². The van der Waals surface area contributed by atoms with Gasteiger partial charge in [-0.1, -0.05) is 12.8 Å². The van der Waals surface area contributed by atoms with Gasteiger partial charge in [0.2, 0.25) is 10.0 Å². The lowest BCUT2D eigenvalue weighted by Gasteiger charge is -2.37. The van der Waals surface area contributed by atoms with Gasteiger partial charge in [-0.15, -0.1) is 0 Å². The maximum atomic E-state index is 12.1. The third-order valence-electron chi connectivity index (χ3n) is 3.56. The van der Waals surface area contributed by atoms with Gasteiger partial charge in [-0.2, -0.15) is 4.31 Å². The van der Waals surface area contributed by atoms with Gasteiger partial charge in [-0.25, -0.2) is 8.42 Å². The maximum absolute atomic E-state index is 12.1. The Labute approximate surface area is 92.9 Å². The van der Waals surface area contributed by atoms with E-state index < -0.39 is 10.0 Å². The van der Waals surface area contributed by atoms with Crippen molar-refractivity contribution in [2.24, 2.45) is 5.73 Å². The normalized spacial score (nSPS) is 21.5. The number of sulfonamides is 1. The summed E-state index contributed by atoms with van der Waals surface area (Å²) in [4.78, 5) is 0. The summed E-state index contributed by atoms with van der Waals surface area (Å²) < 4.78 is 25.6. The fraction of sp³-hybridized carbons (Fsp3) is 1.00. The zero-order valence-electron chi connectivity index (χ0n) is 9.86. The van der Waals surface area contributed by atoms with E-state index in [0.29, 0.717) is 6.54 Å². The molecule has 0 bridgehead atoms. The van der Waals surface area contributed by atoms with Crippen molar-refractivity contribution in [3.05, 3.63) is 0 Å². The van der Waals surface area contributed by atoms with Crippen LogP contribution in [0.15, 0.2) is 0 Å². The highest BCUT2D eigenvalue weighted by Crippen LogP contribution is 2.35. The lowest BCUT2D eigenvalue weighted by atomic mass is 9.98. The minimum atomic E-state index is -3.18. The summed E-state index contributed by atoms with van der Waals surface area (Å²) >= 11 is 0. The van der Waals surface area contributed by atoms with Gasteiger partial charge in [-0.05, 0) is 26.7 Å². The Hall–Kier alpha value is -0.130. The fourth-order valence-electron chi connectivity index (χ4n) is 2.27. The molecule has 0 spiro atoms. The van der Waals surface area contributed by atoms with E-state index in [1.54, 1.807) is 20.9 Å². The Morgan fingerprint density at radius 3 is 2.13 bits per heavy atom. The predicted molar refractivity (Wildman–Crippen MR) is 62.1 cm³/mol. The Kier molecular flexibility index (Phi) is 3.79. The molecule has 0 aromatic heterocycles. The van der Waals surface area contributed by atoms with Crippen molar-refractivity contribution in [2.45, 2.75) is 50.3 Å². The van der Waals surface area contributed by atoms with Crippen LogP contribution in [0.1, 0.15) is 39.5 Å². The molecule has 0 heterocycles. The lowest BCUT2D eigenvalue weighted by Crippen LogP contribution is -2.54. The van der Waals surface area contributed by atoms with E-state index in [-0.39, 0.29) is 10.8 Å². The highest BCUT2D eigenvalue weighted by atomic mass is 32.2. The van der Waals surface area contributed by atoms with Gasteiger partial charge >= 0.3 is 0 Å². The van der Waals surface area contributed by atoms with Crippen molar-refractivity contribution in [3.63, 3.8) is 0 Å². The summed E-state index contributed by atoms with van der Waals surface area (Å²) in [5.74, 6) is 0. The molecule has 0 aliphatic heterocycles. The molecule has 0 atom stereocenters. The monoisotopic (exact) mass is 234 g/mol. The SMILES string of the molecule is CC(C)S(=O)(=O)N(C)C1(CN)CCCC1. The first-order valence-electron chi connectivity index (χ1n) is 5.55. The first-order chi connectivity index (χ1) is 6.87. The van der Waals surface area contributed by atoms with Crippen molar-refractivity contribution in [3.8, 4) is 0 Å². The van der Waals surface area contributed by atoms with Crippen molar-refractivity contribution in [1.29, 1.82) is 0 Å². The predicted octanol–water partition coefficient (Wildman–Crippen LogP) is 0.928. The number of nitrogens with zero attached hydrogens (tertiary/aromatic N) is 1. The highest BCUT2D eigenvalue weighted by Gasteiger charge is 2.42. The zero-order chi connectivity index (χ0) is 11.7. The summed E-state index contributed by atoms with van der Waals surface area (Å²) in [7, 11) is -1.50. The second-order valence-corrected chi connectivity index (χ2v) is 7.22. The molecular weight excluding hydrogens is 212 g/mol. The van der Waals surface area contributed by atoms with E-state index in [1.807, 2.05) is 0 Å². The molecule has 1 aliphatic rings. The molecule has 90 valence electrons. The molecule has 1 saturated carbocycles. The quantitative estimate of drug-likeness (QED) is 0.787. The number of rotatable bonds is 4. The lowest BCUT2D eigenvalue weighted by molar-refractivity contribution is 0.229. The fourth-order valence-corrected chi connectivity index (χ4v) is 3.70. The van der Waals surface area contributed by atoms with Gasteiger partial charge in [0.15, 0.2) is 0 Å². The molecule has 1 rings (SSSR count). The number of nitrogens with two attached hydrogens (primary N) is 1. The molecular formula is C10H22N2O2S. The van der Waals surface area contributed by atoms with Gasteiger partial charge in [0.05, 0.1) is 5.25 Å². The third kappa shape index (κ3) is 2.19. The summed E-state index contributed by atoms with van der Waals surface area (Å²) in [6, 6.07) is 0. The highest BCUT2D eigenvalue weighted by molar-refractivity contribution is 7.89. The third-order valence-corrected chi connectivity index (χ3v) is 5.90. The average Bonchev–Trinajstić information content (AvgIpc) is 2.65. The topological polar surface area (TPSA) is 63.4 Å². The Morgan fingerprint density at radius 1 is 1.33 bits per heavy atom. The summed E-state index contributed by atoms with van der Waals surface area (Å²) in [5.41, 5.74) is 5.44. The first kappa shape index (κ1) is 12.9. The molecule has 2 N–H and O–H groups in total. The summed E-state index contributed by atoms with van der Waals surface area (Å²) in [5, 5.41) is -0.369. The van der Waals surface area contributed by atoms with Gasteiger partial charge in [0.25, 0.3) is 0 Å². The molecule has 1 aliphatic carbocycles. The van der Waals surface area contributed by atoms with Crippen LogP contribution < -0.4 is 5.73 Å². The standard InChI is InChI=1S/C10H22N2O2S/c1-9(2)15(13,14)12(3)10(8-11)6-4-5-7-10/h9H,4-8,11H2,1-3H3. The van der Waals surface area contributed by atoms with E-state index in [9.17, 15) is 8.42 Å². The molecule has 0 aromatic rings. The van der Waals surface area contributed by atoms with Crippen LogP contribution in [0.4, 0.5) is 0 Å². The Balaban J connectivity index is 2.96. The molecule has 5 heteroatoms. The molecule has 0 unspecified atom stereocenters. The minimum absolute atomic E-state index is 0.316. The van der Waals surface area contributed by atoms with Gasteiger partial charge in [-0.3, -0.25) is 0 Å². The van der Waals surface area contributed by atoms with Crippen LogP contribution in [0.5, 0.6) is 0 Å². The van der Waals surface area contributed by atoms with Crippen LogP contribution in [0.25, 0.3) is 0 Å². The van der Waals surface area contributed by atoms with E-state index in [1.165, 1.54) is 4.31 Å². The molecule has 15 heavy (non-hydrogen) atoms. The zero-order valence-corrected chi connectivity index (χ0v) is 10.7. The van der Waals surface area contributed by atoms with Crippen molar-refractivity contribution >= 4 is 10.0 Å². The van der Waals surface area contributed by atoms with Crippen LogP contribution in [0, 0.1) is 0 Å². The smallest absolute Gasteiger partial charge is 0.216 e. The van der Waals surface area contributed by atoms with Gasteiger partial charge in [0, 0.05) is 19.1 Å². The van der Waals surface area contributed by atoms with Crippen molar-refractivity contribution < 1.29 is 8.42 Å². The van der Waals surface area contributed by atoms with Crippen LogP contribution in [-0.4, -0.2) is 37.1 Å². The molecule has 0 radical (unpaired) electrons. The van der Waals surface area contributed by atoms with Crippen LogP contribution in [0.2, 0.25) is 0 Å². The largest absolute Gasteiger partial charge is 0.329 e. The van der Waals surface area contributed by atoms with Gasteiger partial charge < -0.3 is 5.73 Å². The first-order valence-corrected chi connectivity index (χ1v) is 7.05. The maximum Gasteiger partial charge on any atom is 0.216 e. The van der Waals surface area contributed by atoms with E-state index in [0.717, 1.165) is 25.7 Å². The summed E-state index contributed by atoms with van der Waals surface area (Å²) in [6.45, 7) is 3.85. The molecule has 0 saturated heterocycles. The number of hydrogen-bond donors (Lipinski definition) is 1. The molecule has 0 aromatic carbocycles. The summed E-state index contributed by atoms with van der Waals surface area (Å²) in [6.07, 6.45) is 3.95. The second-order valence-electron chi connectivity index (χ2n) is 4.70. The van der Waals surface area contributed by atoms with Crippen LogP contribution in [0.3, 0.4) is 0 Å². The molecule has 4 nitrogen and oxygen atoms in total. The van der Waals surface area contributed by atoms with Gasteiger partial charge in [0.1, 0.15) is 0 Å². The van der Waals surface area contributed by atoms with E-state index in [4.69, 9.17) is 5.73 Å².